The molecule has 1 saturated heterocycles. The van der Waals surface area contributed by atoms with Gasteiger partial charge in [0.05, 0.1) is 5.69 Å². The summed E-state index contributed by atoms with van der Waals surface area (Å²) in [7, 11) is 0. The summed E-state index contributed by atoms with van der Waals surface area (Å²) in [5, 5.41) is 0. The molecule has 0 spiro atoms. The zero-order valence-electron chi connectivity index (χ0n) is 9.80. The van der Waals surface area contributed by atoms with Gasteiger partial charge < -0.3 is 10.6 Å². The lowest BCUT2D eigenvalue weighted by Crippen LogP contribution is -2.37. The summed E-state index contributed by atoms with van der Waals surface area (Å²) in [6.45, 7) is 1.32. The molecule has 2 heterocycles. The lowest BCUT2D eigenvalue weighted by atomic mass is 10.1. The largest absolute Gasteiger partial charge is 0.335 e. The Balaban J connectivity index is 1.81. The Labute approximate surface area is 101 Å². The molecule has 4 heteroatoms. The second kappa shape index (κ2) is 4.11. The number of carbonyl (C=O) groups is 1. The summed E-state index contributed by atoms with van der Waals surface area (Å²) in [5.74, 6) is 0.883. The van der Waals surface area contributed by atoms with Gasteiger partial charge in [0.15, 0.2) is 0 Å². The molecule has 2 unspecified atom stereocenters. The number of hydrogen-bond donors (Lipinski definition) is 1. The van der Waals surface area contributed by atoms with Crippen molar-refractivity contribution in [2.45, 2.75) is 31.8 Å². The molecule has 2 aliphatic rings. The van der Waals surface area contributed by atoms with Crippen molar-refractivity contribution in [2.75, 3.05) is 6.54 Å². The zero-order chi connectivity index (χ0) is 11.8. The average Bonchev–Trinajstić information content (AvgIpc) is 3.00. The lowest BCUT2D eigenvalue weighted by Gasteiger charge is -2.27. The molecule has 2 atom stereocenters. The highest BCUT2D eigenvalue weighted by Crippen LogP contribution is 2.37. The molecule has 2 bridgehead atoms. The second-order valence-electron chi connectivity index (χ2n) is 5.03. The number of rotatable bonds is 2. The molecule has 90 valence electrons. The highest BCUT2D eigenvalue weighted by atomic mass is 16.2. The minimum atomic E-state index is 0.148. The van der Waals surface area contributed by atoms with Crippen LogP contribution in [0.5, 0.6) is 0 Å². The number of aromatic nitrogens is 1. The fraction of sp³-hybridized carbons (Fsp3) is 0.538. The van der Waals surface area contributed by atoms with Crippen molar-refractivity contribution in [3.63, 3.8) is 0 Å². The van der Waals surface area contributed by atoms with Crippen molar-refractivity contribution in [1.82, 2.24) is 9.88 Å². The van der Waals surface area contributed by atoms with Crippen LogP contribution in [0.15, 0.2) is 18.3 Å². The van der Waals surface area contributed by atoms with Crippen molar-refractivity contribution >= 4 is 5.91 Å². The topological polar surface area (TPSA) is 59.2 Å². The Bertz CT molecular complexity index is 446. The van der Waals surface area contributed by atoms with Crippen LogP contribution in [0.2, 0.25) is 0 Å². The van der Waals surface area contributed by atoms with Gasteiger partial charge >= 0.3 is 0 Å². The molecule has 1 saturated carbocycles. The summed E-state index contributed by atoms with van der Waals surface area (Å²) < 4.78 is 0. The summed E-state index contributed by atoms with van der Waals surface area (Å²) in [6.07, 6.45) is 5.33. The van der Waals surface area contributed by atoms with Crippen LogP contribution in [0, 0.1) is 5.92 Å². The van der Waals surface area contributed by atoms with Crippen LogP contribution in [0.25, 0.3) is 0 Å². The fourth-order valence-electron chi connectivity index (χ4n) is 3.06. The first-order valence-corrected chi connectivity index (χ1v) is 6.24. The van der Waals surface area contributed by atoms with Gasteiger partial charge in [-0.3, -0.25) is 9.78 Å². The number of amides is 1. The maximum Gasteiger partial charge on any atom is 0.254 e. The lowest BCUT2D eigenvalue weighted by molar-refractivity contribution is 0.0703. The number of hydrogen-bond acceptors (Lipinski definition) is 3. The summed E-state index contributed by atoms with van der Waals surface area (Å²) in [5.41, 5.74) is 7.05. The molecular weight excluding hydrogens is 214 g/mol. The van der Waals surface area contributed by atoms with Gasteiger partial charge in [0.1, 0.15) is 0 Å². The first kappa shape index (κ1) is 10.7. The fourth-order valence-corrected chi connectivity index (χ4v) is 3.06. The molecule has 0 radical (unpaired) electrons. The van der Waals surface area contributed by atoms with Crippen molar-refractivity contribution < 1.29 is 4.79 Å². The minimum Gasteiger partial charge on any atom is -0.335 e. The molecular formula is C13H17N3O. The monoisotopic (exact) mass is 231 g/mol. The third kappa shape index (κ3) is 1.82. The first-order chi connectivity index (χ1) is 8.28. The van der Waals surface area contributed by atoms with E-state index < -0.39 is 0 Å². The number of likely N-dealkylation sites (tertiary alicyclic amines) is 1. The molecule has 3 rings (SSSR count). The van der Waals surface area contributed by atoms with Crippen LogP contribution in [0.4, 0.5) is 0 Å². The van der Waals surface area contributed by atoms with Gasteiger partial charge in [-0.2, -0.15) is 0 Å². The first-order valence-electron chi connectivity index (χ1n) is 6.24. The minimum absolute atomic E-state index is 0.148. The van der Waals surface area contributed by atoms with E-state index in [0.717, 1.165) is 23.7 Å². The van der Waals surface area contributed by atoms with E-state index in [9.17, 15) is 4.79 Å². The number of piperidine rings is 1. The van der Waals surface area contributed by atoms with Crippen LogP contribution in [-0.2, 0) is 6.54 Å². The molecule has 1 amide bonds. The molecule has 0 aromatic carbocycles. The average molecular weight is 231 g/mol. The van der Waals surface area contributed by atoms with Gasteiger partial charge in [0.2, 0.25) is 0 Å². The van der Waals surface area contributed by atoms with Gasteiger partial charge in [-0.25, -0.2) is 0 Å². The molecule has 17 heavy (non-hydrogen) atoms. The number of fused-ring (bicyclic) bond motifs is 2. The van der Waals surface area contributed by atoms with Crippen LogP contribution in [0.3, 0.4) is 0 Å². The summed E-state index contributed by atoms with van der Waals surface area (Å²) in [4.78, 5) is 18.5. The van der Waals surface area contributed by atoms with Gasteiger partial charge in [-0.1, -0.05) is 0 Å². The molecule has 2 N–H and O–H groups in total. The Morgan fingerprint density at radius 2 is 2.41 bits per heavy atom. The van der Waals surface area contributed by atoms with Crippen molar-refractivity contribution in [2.24, 2.45) is 11.7 Å². The second-order valence-corrected chi connectivity index (χ2v) is 5.03. The van der Waals surface area contributed by atoms with Gasteiger partial charge in [0, 0.05) is 30.9 Å². The Hall–Kier alpha value is -1.42. The standard InChI is InChI=1S/C13H17N3O/c14-7-11-6-10(3-4-15-11)13(17)16-8-9-1-2-12(16)5-9/h3-4,6,9,12H,1-2,5,7-8,14H2. The Morgan fingerprint density at radius 3 is 3.06 bits per heavy atom. The van der Waals surface area contributed by atoms with E-state index in [0.29, 0.717) is 12.6 Å². The third-order valence-electron chi connectivity index (χ3n) is 3.94. The quantitative estimate of drug-likeness (QED) is 0.831. The van der Waals surface area contributed by atoms with Gasteiger partial charge in [-0.05, 0) is 37.3 Å². The van der Waals surface area contributed by atoms with Crippen LogP contribution < -0.4 is 5.73 Å². The van der Waals surface area contributed by atoms with Crippen LogP contribution in [0.1, 0.15) is 35.3 Å². The van der Waals surface area contributed by atoms with E-state index in [1.807, 2.05) is 11.0 Å². The van der Waals surface area contributed by atoms with E-state index in [1.54, 1.807) is 12.3 Å². The molecule has 1 aliphatic carbocycles. The normalized spacial score (nSPS) is 26.5. The number of pyridine rings is 1. The van der Waals surface area contributed by atoms with E-state index in [2.05, 4.69) is 4.98 Å². The van der Waals surface area contributed by atoms with Crippen LogP contribution in [-0.4, -0.2) is 28.4 Å². The molecule has 4 nitrogen and oxygen atoms in total. The third-order valence-corrected chi connectivity index (χ3v) is 3.94. The molecule has 1 aromatic rings. The maximum atomic E-state index is 12.4. The van der Waals surface area contributed by atoms with Gasteiger partial charge in [0.25, 0.3) is 5.91 Å². The van der Waals surface area contributed by atoms with E-state index >= 15 is 0 Å². The van der Waals surface area contributed by atoms with Crippen molar-refractivity contribution in [1.29, 1.82) is 0 Å². The maximum absolute atomic E-state index is 12.4. The number of nitrogens with two attached hydrogens (primary N) is 1. The highest BCUT2D eigenvalue weighted by Gasteiger charge is 2.40. The smallest absolute Gasteiger partial charge is 0.254 e. The molecule has 2 fully saturated rings. The molecule has 1 aromatic heterocycles. The van der Waals surface area contributed by atoms with Gasteiger partial charge in [-0.15, -0.1) is 0 Å². The Morgan fingerprint density at radius 1 is 1.53 bits per heavy atom. The van der Waals surface area contributed by atoms with Crippen molar-refractivity contribution in [3.05, 3.63) is 29.6 Å². The zero-order valence-corrected chi connectivity index (χ0v) is 9.80. The number of carbonyl (C=O) groups excluding carboxylic acids is 1. The number of nitrogens with zero attached hydrogens (tertiary/aromatic N) is 2. The summed E-state index contributed by atoms with van der Waals surface area (Å²) >= 11 is 0. The van der Waals surface area contributed by atoms with Crippen molar-refractivity contribution in [3.8, 4) is 0 Å². The van der Waals surface area contributed by atoms with E-state index in [4.69, 9.17) is 5.73 Å². The highest BCUT2D eigenvalue weighted by molar-refractivity contribution is 5.94. The van der Waals surface area contributed by atoms with E-state index in [-0.39, 0.29) is 5.91 Å². The predicted molar refractivity (Wildman–Crippen MR) is 64.3 cm³/mol. The van der Waals surface area contributed by atoms with E-state index in [1.165, 1.54) is 19.3 Å². The van der Waals surface area contributed by atoms with Crippen LogP contribution >= 0.6 is 0 Å². The predicted octanol–water partition coefficient (Wildman–Crippen LogP) is 1.16. The molecule has 1 aliphatic heterocycles. The SMILES string of the molecule is NCc1cc(C(=O)N2CC3CCC2C3)ccn1. The Kier molecular flexibility index (Phi) is 2.59. The summed E-state index contributed by atoms with van der Waals surface area (Å²) in [6, 6.07) is 4.07.